The molecular formula is C12H20N4O6. The first-order valence-corrected chi connectivity index (χ1v) is 7.63. The lowest BCUT2D eigenvalue weighted by molar-refractivity contribution is -1.01. The van der Waals surface area contributed by atoms with Crippen molar-refractivity contribution >= 4 is 0 Å². The zero-order valence-corrected chi connectivity index (χ0v) is 12.2. The summed E-state index contributed by atoms with van der Waals surface area (Å²) in [6, 6.07) is -4.23. The van der Waals surface area contributed by atoms with E-state index in [1.165, 1.54) is 0 Å². The van der Waals surface area contributed by atoms with Gasteiger partial charge in [-0.25, -0.2) is 0 Å². The molecule has 10 nitrogen and oxygen atoms in total. The number of nitrogens with zero attached hydrogens (tertiary/aromatic N) is 4. The molecule has 0 aromatic rings. The first-order valence-electron chi connectivity index (χ1n) is 7.63. The van der Waals surface area contributed by atoms with Gasteiger partial charge in [0.05, 0.1) is 0 Å². The summed E-state index contributed by atoms with van der Waals surface area (Å²) in [5, 5.41) is 46.7. The third-order valence-corrected chi connectivity index (χ3v) is 4.69. The van der Waals surface area contributed by atoms with Crippen LogP contribution in [0.4, 0.5) is 0 Å². The molecule has 0 aliphatic heterocycles. The van der Waals surface area contributed by atoms with Crippen molar-refractivity contribution < 1.29 is 19.6 Å². The quantitative estimate of drug-likeness (QED) is 0.334. The summed E-state index contributed by atoms with van der Waals surface area (Å²) in [7, 11) is 0. The van der Waals surface area contributed by atoms with Gasteiger partial charge in [0.2, 0.25) is 0 Å². The molecule has 0 spiro atoms. The first-order chi connectivity index (χ1) is 10.4. The van der Waals surface area contributed by atoms with Crippen LogP contribution in [0.1, 0.15) is 51.4 Å². The SMILES string of the molecule is O=[N+]([O-])C1CCCCC1/[N+]([O-])=[N+](\[O-])C1CCCCC1[N+](=O)[O-]. The number of rotatable bonds is 4. The van der Waals surface area contributed by atoms with Crippen molar-refractivity contribution in [1.29, 1.82) is 0 Å². The number of azo groups is 1. The molecule has 2 saturated carbocycles. The van der Waals surface area contributed by atoms with Gasteiger partial charge in [-0.1, -0.05) is 0 Å². The molecule has 10 heteroatoms. The molecule has 124 valence electrons. The molecule has 2 aliphatic rings. The molecular weight excluding hydrogens is 296 g/mol. The second-order valence-electron chi connectivity index (χ2n) is 6.01. The molecule has 0 bridgehead atoms. The Bertz CT molecular complexity index is 440. The summed E-state index contributed by atoms with van der Waals surface area (Å²) >= 11 is 0. The second-order valence-corrected chi connectivity index (χ2v) is 6.01. The van der Waals surface area contributed by atoms with Gasteiger partial charge in [0.15, 0.2) is 0 Å². The molecule has 4 unspecified atom stereocenters. The molecule has 0 heterocycles. The normalized spacial score (nSPS) is 33.8. The highest BCUT2D eigenvalue weighted by Crippen LogP contribution is 2.26. The van der Waals surface area contributed by atoms with E-state index in [9.17, 15) is 30.6 Å². The lowest BCUT2D eigenvalue weighted by Gasteiger charge is -2.25. The maximum Gasteiger partial charge on any atom is 0.295 e. The molecule has 0 aromatic carbocycles. The molecule has 4 atom stereocenters. The predicted molar refractivity (Wildman–Crippen MR) is 73.3 cm³/mol. The van der Waals surface area contributed by atoms with E-state index in [2.05, 4.69) is 0 Å². The van der Waals surface area contributed by atoms with E-state index in [1.807, 2.05) is 0 Å². The van der Waals surface area contributed by atoms with Crippen molar-refractivity contribution in [3.63, 3.8) is 0 Å². The Labute approximate surface area is 126 Å². The van der Waals surface area contributed by atoms with Crippen LogP contribution in [0.15, 0.2) is 0 Å². The minimum Gasteiger partial charge on any atom is -0.567 e. The van der Waals surface area contributed by atoms with Crippen molar-refractivity contribution in [3.05, 3.63) is 30.6 Å². The van der Waals surface area contributed by atoms with Crippen LogP contribution in [0, 0.1) is 30.6 Å². The Hall–Kier alpha value is -2.00. The van der Waals surface area contributed by atoms with Gasteiger partial charge in [-0.3, -0.25) is 20.2 Å². The van der Waals surface area contributed by atoms with Gasteiger partial charge in [-0.05, 0) is 25.7 Å². The van der Waals surface area contributed by atoms with Gasteiger partial charge in [-0.15, -0.1) is 0 Å². The van der Waals surface area contributed by atoms with Gasteiger partial charge in [0.25, 0.3) is 24.2 Å². The summed E-state index contributed by atoms with van der Waals surface area (Å²) in [5.41, 5.74) is 0. The number of hydrogen-bond donors (Lipinski definition) is 0. The molecule has 0 amide bonds. The van der Waals surface area contributed by atoms with Crippen LogP contribution in [0.3, 0.4) is 0 Å². The summed E-state index contributed by atoms with van der Waals surface area (Å²) in [5.74, 6) is 0. The average Bonchev–Trinajstić information content (AvgIpc) is 2.53. The molecule has 0 saturated heterocycles. The Kier molecular flexibility index (Phi) is 5.09. The van der Waals surface area contributed by atoms with E-state index in [4.69, 9.17) is 0 Å². The van der Waals surface area contributed by atoms with Crippen LogP contribution in [0.25, 0.3) is 0 Å². The van der Waals surface area contributed by atoms with Gasteiger partial charge in [-0.2, -0.15) is 0 Å². The third-order valence-electron chi connectivity index (χ3n) is 4.69. The van der Waals surface area contributed by atoms with Gasteiger partial charge < -0.3 is 10.4 Å². The zero-order valence-electron chi connectivity index (χ0n) is 12.2. The van der Waals surface area contributed by atoms with E-state index < -0.39 is 34.0 Å². The monoisotopic (exact) mass is 316 g/mol. The molecule has 0 N–H and O–H groups in total. The number of hydrogen-bond acceptors (Lipinski definition) is 6. The maximum atomic E-state index is 12.3. The topological polar surface area (TPSA) is 138 Å². The summed E-state index contributed by atoms with van der Waals surface area (Å²) in [6.45, 7) is 0. The van der Waals surface area contributed by atoms with Gasteiger partial charge in [0.1, 0.15) is 0 Å². The van der Waals surface area contributed by atoms with E-state index >= 15 is 0 Å². The maximum absolute atomic E-state index is 12.3. The molecule has 22 heavy (non-hydrogen) atoms. The van der Waals surface area contributed by atoms with Crippen molar-refractivity contribution in [2.24, 2.45) is 0 Å². The minimum absolute atomic E-state index is 0.0963. The smallest absolute Gasteiger partial charge is 0.295 e. The van der Waals surface area contributed by atoms with Crippen molar-refractivity contribution in [1.82, 2.24) is 0 Å². The first kappa shape index (κ1) is 16.4. The fraction of sp³-hybridized carbons (Fsp3) is 1.00. The van der Waals surface area contributed by atoms with E-state index in [-0.39, 0.29) is 35.4 Å². The summed E-state index contributed by atoms with van der Waals surface area (Å²) in [4.78, 5) is 21.3. The van der Waals surface area contributed by atoms with Crippen molar-refractivity contribution in [2.45, 2.75) is 75.5 Å². The Balaban J connectivity index is 2.25. The Morgan fingerprint density at radius 2 is 0.818 bits per heavy atom. The fourth-order valence-electron chi connectivity index (χ4n) is 3.48. The van der Waals surface area contributed by atoms with Crippen molar-refractivity contribution in [3.8, 4) is 0 Å². The molecule has 2 rings (SSSR count). The minimum atomic E-state index is -1.08. The zero-order chi connectivity index (χ0) is 16.3. The van der Waals surface area contributed by atoms with Crippen LogP contribution in [0.5, 0.6) is 0 Å². The summed E-state index contributed by atoms with van der Waals surface area (Å²) in [6.07, 6.45) is 3.63. The number of nitro groups is 2. The van der Waals surface area contributed by atoms with Crippen LogP contribution in [-0.2, 0) is 0 Å². The molecule has 0 aromatic heterocycles. The number of hydroxylamine groups is 2. The fourth-order valence-corrected chi connectivity index (χ4v) is 3.48. The highest BCUT2D eigenvalue weighted by atomic mass is 16.6. The lowest BCUT2D eigenvalue weighted by Crippen LogP contribution is -2.50. The van der Waals surface area contributed by atoms with E-state index in [0.717, 1.165) is 0 Å². The predicted octanol–water partition coefficient (Wildman–Crippen LogP) is 1.63. The lowest BCUT2D eigenvalue weighted by atomic mass is 9.90. The van der Waals surface area contributed by atoms with Gasteiger partial charge in [0, 0.05) is 45.3 Å². The van der Waals surface area contributed by atoms with Crippen LogP contribution < -0.4 is 0 Å². The van der Waals surface area contributed by atoms with Crippen LogP contribution >= 0.6 is 0 Å². The molecule has 2 fully saturated rings. The standard InChI is InChI=1S/C12H20N4O6/c17-13(9-5-1-3-7-11(9)15(19)20)14(18)10-6-2-4-8-12(10)16(21)22/h9-12H,1-8H2/b14-13+. The van der Waals surface area contributed by atoms with E-state index in [0.29, 0.717) is 25.7 Å². The van der Waals surface area contributed by atoms with Crippen LogP contribution in [0.2, 0.25) is 0 Å². The van der Waals surface area contributed by atoms with Crippen LogP contribution in [-0.4, -0.2) is 43.7 Å². The third kappa shape index (κ3) is 3.25. The van der Waals surface area contributed by atoms with Crippen molar-refractivity contribution in [2.75, 3.05) is 0 Å². The van der Waals surface area contributed by atoms with Gasteiger partial charge >= 0.3 is 0 Å². The largest absolute Gasteiger partial charge is 0.567 e. The average molecular weight is 316 g/mol. The highest BCUT2D eigenvalue weighted by molar-refractivity contribution is 4.76. The Morgan fingerprint density at radius 3 is 1.09 bits per heavy atom. The molecule has 2 aliphatic carbocycles. The Morgan fingerprint density at radius 1 is 0.545 bits per heavy atom. The highest BCUT2D eigenvalue weighted by Gasteiger charge is 2.49. The molecule has 0 radical (unpaired) electrons. The van der Waals surface area contributed by atoms with E-state index in [1.54, 1.807) is 0 Å². The summed E-state index contributed by atoms with van der Waals surface area (Å²) < 4.78 is 0. The second kappa shape index (κ2) is 6.84.